The molecule has 0 aliphatic rings. The minimum absolute atomic E-state index is 0.0628. The number of ether oxygens (including phenoxy) is 1. The Kier molecular flexibility index (Phi) is 4.04. The Morgan fingerprint density at radius 2 is 2.30 bits per heavy atom. The van der Waals surface area contributed by atoms with Gasteiger partial charge >= 0.3 is 11.9 Å². The van der Waals surface area contributed by atoms with E-state index in [-0.39, 0.29) is 13.2 Å². The molecule has 1 aromatic carbocycles. The summed E-state index contributed by atoms with van der Waals surface area (Å²) in [5.41, 5.74) is 1.43. The highest BCUT2D eigenvalue weighted by Gasteiger charge is 2.13. The Bertz CT molecular complexity index is 638. The van der Waals surface area contributed by atoms with Crippen LogP contribution in [-0.4, -0.2) is 32.3 Å². The van der Waals surface area contributed by atoms with Gasteiger partial charge in [0, 0.05) is 5.10 Å². The SMILES string of the molecule is Cc1cccc(C(=O)OCCn2cnc([N+](=O)[O-])n2)c1. The Labute approximate surface area is 114 Å². The number of hydrogen-bond donors (Lipinski definition) is 0. The second kappa shape index (κ2) is 5.91. The number of hydrogen-bond acceptors (Lipinski definition) is 6. The van der Waals surface area contributed by atoms with Crippen LogP contribution in [0.3, 0.4) is 0 Å². The van der Waals surface area contributed by atoms with Gasteiger partial charge in [0.25, 0.3) is 0 Å². The van der Waals surface area contributed by atoms with E-state index in [2.05, 4.69) is 10.1 Å². The molecule has 8 heteroatoms. The van der Waals surface area contributed by atoms with Crippen LogP contribution in [0.2, 0.25) is 0 Å². The zero-order chi connectivity index (χ0) is 14.5. The average Bonchev–Trinajstić information content (AvgIpc) is 2.87. The van der Waals surface area contributed by atoms with Crippen LogP contribution in [0, 0.1) is 17.0 Å². The lowest BCUT2D eigenvalue weighted by Crippen LogP contribution is -2.12. The van der Waals surface area contributed by atoms with Gasteiger partial charge in [0.05, 0.1) is 12.1 Å². The number of rotatable bonds is 5. The van der Waals surface area contributed by atoms with Crippen molar-refractivity contribution in [2.75, 3.05) is 6.61 Å². The van der Waals surface area contributed by atoms with Crippen LogP contribution in [0.25, 0.3) is 0 Å². The van der Waals surface area contributed by atoms with E-state index in [4.69, 9.17) is 4.74 Å². The molecule has 0 N–H and O–H groups in total. The third-order valence-corrected chi connectivity index (χ3v) is 2.50. The van der Waals surface area contributed by atoms with Gasteiger partial charge < -0.3 is 14.9 Å². The van der Waals surface area contributed by atoms with Gasteiger partial charge in [0.2, 0.25) is 6.33 Å². The van der Waals surface area contributed by atoms with Crippen molar-refractivity contribution in [1.29, 1.82) is 0 Å². The lowest BCUT2D eigenvalue weighted by atomic mass is 10.1. The molecule has 1 heterocycles. The van der Waals surface area contributed by atoms with Crippen LogP contribution >= 0.6 is 0 Å². The highest BCUT2D eigenvalue weighted by atomic mass is 16.6. The molecule has 0 amide bonds. The van der Waals surface area contributed by atoms with E-state index in [1.54, 1.807) is 18.2 Å². The number of carbonyl (C=O) groups is 1. The molecule has 8 nitrogen and oxygen atoms in total. The number of nitro groups is 1. The maximum Gasteiger partial charge on any atom is 0.490 e. The van der Waals surface area contributed by atoms with Gasteiger partial charge in [-0.15, -0.1) is 0 Å². The van der Waals surface area contributed by atoms with Crippen LogP contribution < -0.4 is 0 Å². The summed E-state index contributed by atoms with van der Waals surface area (Å²) >= 11 is 0. The quantitative estimate of drug-likeness (QED) is 0.464. The van der Waals surface area contributed by atoms with Crippen LogP contribution in [-0.2, 0) is 11.3 Å². The largest absolute Gasteiger partial charge is 0.490 e. The van der Waals surface area contributed by atoms with E-state index < -0.39 is 16.8 Å². The van der Waals surface area contributed by atoms with Gasteiger partial charge in [0.15, 0.2) is 0 Å². The summed E-state index contributed by atoms with van der Waals surface area (Å²) in [4.78, 5) is 24.9. The van der Waals surface area contributed by atoms with Crippen molar-refractivity contribution in [2.45, 2.75) is 13.5 Å². The Balaban J connectivity index is 1.86. The third-order valence-electron chi connectivity index (χ3n) is 2.50. The molecule has 0 aliphatic carbocycles. The molecule has 0 spiro atoms. The summed E-state index contributed by atoms with van der Waals surface area (Å²) in [7, 11) is 0. The standard InChI is InChI=1S/C12H12N4O4/c1-9-3-2-4-10(7-9)11(17)20-6-5-15-8-13-12(14-15)16(18)19/h2-4,7-8H,5-6H2,1H3. The summed E-state index contributed by atoms with van der Waals surface area (Å²) in [5.74, 6) is -0.918. The van der Waals surface area contributed by atoms with Crippen LogP contribution in [0.1, 0.15) is 15.9 Å². The number of esters is 1. The summed E-state index contributed by atoms with van der Waals surface area (Å²) in [5, 5.41) is 14.0. The molecule has 0 saturated carbocycles. The minimum Gasteiger partial charge on any atom is -0.460 e. The monoisotopic (exact) mass is 276 g/mol. The molecular weight excluding hydrogens is 264 g/mol. The van der Waals surface area contributed by atoms with Crippen LogP contribution in [0.4, 0.5) is 5.95 Å². The Morgan fingerprint density at radius 1 is 1.50 bits per heavy atom. The molecule has 0 atom stereocenters. The van der Waals surface area contributed by atoms with E-state index in [1.165, 1.54) is 11.0 Å². The number of carbonyl (C=O) groups excluding carboxylic acids is 1. The zero-order valence-corrected chi connectivity index (χ0v) is 10.7. The van der Waals surface area contributed by atoms with Crippen molar-refractivity contribution in [3.63, 3.8) is 0 Å². The number of benzene rings is 1. The Morgan fingerprint density at radius 3 is 2.95 bits per heavy atom. The predicted molar refractivity (Wildman–Crippen MR) is 68.1 cm³/mol. The molecule has 0 fully saturated rings. The summed E-state index contributed by atoms with van der Waals surface area (Å²) in [6, 6.07) is 7.04. The molecule has 104 valence electrons. The molecule has 0 bridgehead atoms. The van der Waals surface area contributed by atoms with E-state index in [0.717, 1.165) is 5.56 Å². The first-order valence-electron chi connectivity index (χ1n) is 5.84. The van der Waals surface area contributed by atoms with Crippen molar-refractivity contribution >= 4 is 11.9 Å². The minimum atomic E-state index is -0.685. The number of aromatic nitrogens is 3. The maximum atomic E-state index is 11.7. The van der Waals surface area contributed by atoms with Crippen molar-refractivity contribution < 1.29 is 14.5 Å². The van der Waals surface area contributed by atoms with Gasteiger partial charge in [-0.05, 0) is 24.0 Å². The summed E-state index contributed by atoms with van der Waals surface area (Å²) < 4.78 is 6.31. The fourth-order valence-corrected chi connectivity index (χ4v) is 1.56. The zero-order valence-electron chi connectivity index (χ0n) is 10.7. The second-order valence-electron chi connectivity index (χ2n) is 4.07. The van der Waals surface area contributed by atoms with Crippen molar-refractivity contribution in [1.82, 2.24) is 14.8 Å². The fourth-order valence-electron chi connectivity index (χ4n) is 1.56. The highest BCUT2D eigenvalue weighted by molar-refractivity contribution is 5.89. The second-order valence-corrected chi connectivity index (χ2v) is 4.07. The first-order valence-corrected chi connectivity index (χ1v) is 5.84. The summed E-state index contributed by atoms with van der Waals surface area (Å²) in [6.45, 7) is 2.15. The van der Waals surface area contributed by atoms with Gasteiger partial charge in [-0.3, -0.25) is 0 Å². The number of aryl methyl sites for hydroxylation is 1. The third kappa shape index (κ3) is 3.37. The first kappa shape index (κ1) is 13.7. The van der Waals surface area contributed by atoms with Crippen LogP contribution in [0.15, 0.2) is 30.6 Å². The molecule has 1 aromatic heterocycles. The molecule has 20 heavy (non-hydrogen) atoms. The molecule has 2 aromatic rings. The lowest BCUT2D eigenvalue weighted by molar-refractivity contribution is -0.394. The topological polar surface area (TPSA) is 100 Å². The van der Waals surface area contributed by atoms with E-state index >= 15 is 0 Å². The molecule has 0 saturated heterocycles. The predicted octanol–water partition coefficient (Wildman–Crippen LogP) is 1.35. The summed E-state index contributed by atoms with van der Waals surface area (Å²) in [6.07, 6.45) is 1.22. The molecule has 0 aliphatic heterocycles. The number of nitrogens with zero attached hydrogens (tertiary/aromatic N) is 4. The average molecular weight is 276 g/mol. The van der Waals surface area contributed by atoms with Crippen molar-refractivity contribution in [2.24, 2.45) is 0 Å². The fraction of sp³-hybridized carbons (Fsp3) is 0.250. The Hall–Kier alpha value is -2.77. The smallest absolute Gasteiger partial charge is 0.460 e. The molecular formula is C12H12N4O4. The van der Waals surface area contributed by atoms with E-state index in [0.29, 0.717) is 5.56 Å². The van der Waals surface area contributed by atoms with Gasteiger partial charge in [-0.2, -0.15) is 4.68 Å². The van der Waals surface area contributed by atoms with Gasteiger partial charge in [-0.25, -0.2) is 4.79 Å². The van der Waals surface area contributed by atoms with E-state index in [9.17, 15) is 14.9 Å². The van der Waals surface area contributed by atoms with Crippen molar-refractivity contribution in [3.05, 3.63) is 51.8 Å². The maximum absolute atomic E-state index is 11.7. The molecule has 0 unspecified atom stereocenters. The molecule has 2 rings (SSSR count). The van der Waals surface area contributed by atoms with Crippen LogP contribution in [0.5, 0.6) is 0 Å². The van der Waals surface area contributed by atoms with E-state index in [1.807, 2.05) is 13.0 Å². The highest BCUT2D eigenvalue weighted by Crippen LogP contribution is 2.06. The van der Waals surface area contributed by atoms with Gasteiger partial charge in [0.1, 0.15) is 6.61 Å². The van der Waals surface area contributed by atoms with Crippen molar-refractivity contribution in [3.8, 4) is 0 Å². The first-order chi connectivity index (χ1) is 9.56. The lowest BCUT2D eigenvalue weighted by Gasteiger charge is -2.04. The molecule has 0 radical (unpaired) electrons. The normalized spacial score (nSPS) is 10.2. The van der Waals surface area contributed by atoms with Gasteiger partial charge in [-0.1, -0.05) is 22.7 Å².